The van der Waals surface area contributed by atoms with Gasteiger partial charge in [-0.05, 0) is 19.1 Å². The van der Waals surface area contributed by atoms with Gasteiger partial charge in [0.2, 0.25) is 5.91 Å². The Morgan fingerprint density at radius 1 is 1.55 bits per heavy atom. The number of pyridine rings is 1. The number of rotatable bonds is 4. The van der Waals surface area contributed by atoms with E-state index in [2.05, 4.69) is 15.6 Å². The van der Waals surface area contributed by atoms with Crippen molar-refractivity contribution in [3.63, 3.8) is 0 Å². The first-order valence-electron chi connectivity index (χ1n) is 6.60. The molecule has 1 aromatic heterocycles. The quantitative estimate of drug-likeness (QED) is 0.819. The molecule has 1 unspecified atom stereocenters. The van der Waals surface area contributed by atoms with Gasteiger partial charge in [-0.3, -0.25) is 9.78 Å². The van der Waals surface area contributed by atoms with Crippen molar-refractivity contribution in [3.05, 3.63) is 30.1 Å². The maximum absolute atomic E-state index is 11.9. The van der Waals surface area contributed by atoms with Gasteiger partial charge in [-0.2, -0.15) is 0 Å². The summed E-state index contributed by atoms with van der Waals surface area (Å²) in [5, 5.41) is 5.90. The van der Waals surface area contributed by atoms with Crippen LogP contribution in [0.5, 0.6) is 0 Å². The highest BCUT2D eigenvalue weighted by Gasteiger charge is 2.26. The first kappa shape index (κ1) is 14.9. The number of carbonyl (C=O) groups excluding carboxylic acids is 1. The summed E-state index contributed by atoms with van der Waals surface area (Å²) in [6, 6.07) is 5.03. The van der Waals surface area contributed by atoms with Crippen LogP contribution >= 0.6 is 0 Å². The smallest absolute Gasteiger partial charge is 0.222 e. The van der Waals surface area contributed by atoms with Crippen LogP contribution in [0.25, 0.3) is 0 Å². The van der Waals surface area contributed by atoms with Gasteiger partial charge >= 0.3 is 0 Å². The van der Waals surface area contributed by atoms with Crippen molar-refractivity contribution < 1.29 is 13.2 Å². The normalized spacial score (nSPS) is 22.9. The monoisotopic (exact) mass is 297 g/mol. The molecule has 20 heavy (non-hydrogen) atoms. The zero-order valence-corrected chi connectivity index (χ0v) is 12.2. The number of hydrogen-bond donors (Lipinski definition) is 2. The Bertz CT molecular complexity index is 559. The molecule has 0 spiro atoms. The highest BCUT2D eigenvalue weighted by molar-refractivity contribution is 7.91. The van der Waals surface area contributed by atoms with E-state index in [1.807, 2.05) is 25.1 Å². The molecule has 6 nitrogen and oxygen atoms in total. The molecule has 110 valence electrons. The zero-order chi connectivity index (χ0) is 14.6. The molecule has 7 heteroatoms. The Kier molecular flexibility index (Phi) is 4.72. The van der Waals surface area contributed by atoms with Crippen molar-refractivity contribution in [2.75, 3.05) is 18.1 Å². The summed E-state index contributed by atoms with van der Waals surface area (Å²) in [6.07, 6.45) is 1.84. The second kappa shape index (κ2) is 6.32. The molecule has 1 amide bonds. The lowest BCUT2D eigenvalue weighted by atomic mass is 10.1. The largest absolute Gasteiger partial charge is 0.348 e. The second-order valence-electron chi connectivity index (χ2n) is 5.01. The van der Waals surface area contributed by atoms with E-state index in [0.717, 1.165) is 5.69 Å². The Hall–Kier alpha value is -1.47. The first-order chi connectivity index (χ1) is 9.46. The number of aromatic nitrogens is 1. The summed E-state index contributed by atoms with van der Waals surface area (Å²) in [4.78, 5) is 16.1. The summed E-state index contributed by atoms with van der Waals surface area (Å²) in [6.45, 7) is 2.27. The minimum absolute atomic E-state index is 0.0262. The fraction of sp³-hybridized carbons (Fsp3) is 0.538. The number of nitrogens with one attached hydrogen (secondary N) is 2. The molecule has 1 aliphatic heterocycles. The maximum atomic E-state index is 11.9. The zero-order valence-electron chi connectivity index (χ0n) is 11.4. The van der Waals surface area contributed by atoms with Gasteiger partial charge in [0.15, 0.2) is 9.84 Å². The van der Waals surface area contributed by atoms with Gasteiger partial charge < -0.3 is 10.6 Å². The fourth-order valence-electron chi connectivity index (χ4n) is 2.23. The van der Waals surface area contributed by atoms with Gasteiger partial charge in [-0.15, -0.1) is 0 Å². The van der Waals surface area contributed by atoms with E-state index in [9.17, 15) is 13.2 Å². The molecule has 1 aromatic rings. The number of sulfone groups is 1. The molecule has 1 fully saturated rings. The number of nitrogens with zero attached hydrogens (tertiary/aromatic N) is 1. The highest BCUT2D eigenvalue weighted by atomic mass is 32.2. The van der Waals surface area contributed by atoms with Crippen molar-refractivity contribution >= 4 is 15.7 Å². The molecule has 2 heterocycles. The molecular weight excluding hydrogens is 278 g/mol. The Labute approximate surface area is 118 Å². The van der Waals surface area contributed by atoms with Crippen LogP contribution in [0.3, 0.4) is 0 Å². The van der Waals surface area contributed by atoms with Crippen molar-refractivity contribution in [2.45, 2.75) is 25.4 Å². The SMILES string of the molecule is C[C@@H](NC(=O)CC1CS(=O)(=O)CCN1)c1ccccn1. The molecule has 0 bridgehead atoms. The Morgan fingerprint density at radius 2 is 2.35 bits per heavy atom. The standard InChI is InChI=1S/C13H19N3O3S/c1-10(12-4-2-3-5-15-12)16-13(17)8-11-9-20(18,19)7-6-14-11/h2-5,10-11,14H,6-9H2,1H3,(H,16,17)/t10-,11?/m1/s1. The van der Waals surface area contributed by atoms with Crippen LogP contribution in [0, 0.1) is 0 Å². The lowest BCUT2D eigenvalue weighted by Crippen LogP contribution is -2.47. The van der Waals surface area contributed by atoms with Gasteiger partial charge in [0.1, 0.15) is 0 Å². The number of amides is 1. The van der Waals surface area contributed by atoms with Crippen molar-refractivity contribution in [1.29, 1.82) is 0 Å². The van der Waals surface area contributed by atoms with Crippen LogP contribution < -0.4 is 10.6 Å². The topological polar surface area (TPSA) is 88.2 Å². The molecule has 1 saturated heterocycles. The maximum Gasteiger partial charge on any atom is 0.222 e. The van der Waals surface area contributed by atoms with E-state index in [1.54, 1.807) is 6.20 Å². The highest BCUT2D eigenvalue weighted by Crippen LogP contribution is 2.10. The summed E-state index contributed by atoms with van der Waals surface area (Å²) in [5.74, 6) is 0.00570. The van der Waals surface area contributed by atoms with Crippen LogP contribution in [-0.2, 0) is 14.6 Å². The third-order valence-electron chi connectivity index (χ3n) is 3.24. The third-order valence-corrected chi connectivity index (χ3v) is 4.98. The molecular formula is C13H19N3O3S. The van der Waals surface area contributed by atoms with Gasteiger partial charge in [-0.1, -0.05) is 6.07 Å². The summed E-state index contributed by atoms with van der Waals surface area (Å²) < 4.78 is 23.0. The van der Waals surface area contributed by atoms with Gasteiger partial charge in [-0.25, -0.2) is 8.42 Å². The number of carbonyl (C=O) groups is 1. The van der Waals surface area contributed by atoms with Crippen LogP contribution in [-0.4, -0.2) is 43.4 Å². The fourth-order valence-corrected chi connectivity index (χ4v) is 3.67. The average molecular weight is 297 g/mol. The van der Waals surface area contributed by atoms with Crippen molar-refractivity contribution in [1.82, 2.24) is 15.6 Å². The predicted octanol–water partition coefficient (Wildman–Crippen LogP) is 0.0355. The minimum Gasteiger partial charge on any atom is -0.348 e. The molecule has 2 rings (SSSR count). The molecule has 0 radical (unpaired) electrons. The van der Waals surface area contributed by atoms with Gasteiger partial charge in [0.05, 0.1) is 23.2 Å². The Balaban J connectivity index is 1.86. The van der Waals surface area contributed by atoms with Crippen LogP contribution in [0.4, 0.5) is 0 Å². The van der Waals surface area contributed by atoms with E-state index in [1.165, 1.54) is 0 Å². The van der Waals surface area contributed by atoms with Gasteiger partial charge in [0.25, 0.3) is 0 Å². The minimum atomic E-state index is -3.01. The predicted molar refractivity (Wildman–Crippen MR) is 75.9 cm³/mol. The van der Waals surface area contributed by atoms with E-state index < -0.39 is 9.84 Å². The second-order valence-corrected chi connectivity index (χ2v) is 7.24. The summed E-state index contributed by atoms with van der Waals surface area (Å²) in [5.41, 5.74) is 0.782. The average Bonchev–Trinajstić information content (AvgIpc) is 2.38. The van der Waals surface area contributed by atoms with E-state index in [4.69, 9.17) is 0 Å². The van der Waals surface area contributed by atoms with E-state index >= 15 is 0 Å². The first-order valence-corrected chi connectivity index (χ1v) is 8.42. The molecule has 2 atom stereocenters. The van der Waals surface area contributed by atoms with Crippen LogP contribution in [0.15, 0.2) is 24.4 Å². The molecule has 0 saturated carbocycles. The van der Waals surface area contributed by atoms with Gasteiger partial charge in [0, 0.05) is 25.2 Å². The van der Waals surface area contributed by atoms with Crippen LogP contribution in [0.2, 0.25) is 0 Å². The van der Waals surface area contributed by atoms with Crippen molar-refractivity contribution in [3.8, 4) is 0 Å². The number of hydrogen-bond acceptors (Lipinski definition) is 5. The van der Waals surface area contributed by atoms with Crippen LogP contribution in [0.1, 0.15) is 25.1 Å². The lowest BCUT2D eigenvalue weighted by Gasteiger charge is -2.23. The lowest BCUT2D eigenvalue weighted by molar-refractivity contribution is -0.122. The molecule has 0 aliphatic carbocycles. The molecule has 0 aromatic carbocycles. The van der Waals surface area contributed by atoms with Crippen molar-refractivity contribution in [2.24, 2.45) is 0 Å². The molecule has 1 aliphatic rings. The molecule has 2 N–H and O–H groups in total. The van der Waals surface area contributed by atoms with E-state index in [0.29, 0.717) is 6.54 Å². The third kappa shape index (κ3) is 4.28. The summed E-state index contributed by atoms with van der Waals surface area (Å²) >= 11 is 0. The summed E-state index contributed by atoms with van der Waals surface area (Å²) in [7, 11) is -3.01. The van der Waals surface area contributed by atoms with E-state index in [-0.39, 0.29) is 35.9 Å². The Morgan fingerprint density at radius 3 is 3.00 bits per heavy atom.